The van der Waals surface area contributed by atoms with Crippen LogP contribution in [0.5, 0.6) is 0 Å². The van der Waals surface area contributed by atoms with E-state index < -0.39 is 0 Å². The van der Waals surface area contributed by atoms with Crippen LogP contribution >= 0.6 is 0 Å². The highest BCUT2D eigenvalue weighted by molar-refractivity contribution is 5.76. The van der Waals surface area contributed by atoms with Crippen molar-refractivity contribution in [3.63, 3.8) is 0 Å². The summed E-state index contributed by atoms with van der Waals surface area (Å²) in [7, 11) is 0. The fraction of sp³-hybridized carbons (Fsp3) is 0.941. The molecule has 2 aliphatic rings. The quantitative estimate of drug-likeness (QED) is 0.785. The average Bonchev–Trinajstić information content (AvgIpc) is 2.84. The summed E-state index contributed by atoms with van der Waals surface area (Å²) in [6, 6.07) is 0.353. The van der Waals surface area contributed by atoms with Gasteiger partial charge in [-0.2, -0.15) is 0 Å². The molecule has 3 N–H and O–H groups in total. The first-order valence-corrected chi connectivity index (χ1v) is 8.29. The van der Waals surface area contributed by atoms with Crippen LogP contribution in [0.15, 0.2) is 0 Å². The Morgan fingerprint density at radius 2 is 2.05 bits per heavy atom. The molecule has 0 saturated heterocycles. The summed E-state index contributed by atoms with van der Waals surface area (Å²) in [6.45, 7) is 9.94. The molecule has 2 saturated carbocycles. The molecule has 0 aromatic heterocycles. The summed E-state index contributed by atoms with van der Waals surface area (Å²) in [5.41, 5.74) is 6.14. The molecule has 0 heterocycles. The van der Waals surface area contributed by atoms with Crippen molar-refractivity contribution < 1.29 is 4.79 Å². The van der Waals surface area contributed by atoms with Gasteiger partial charge in [0.2, 0.25) is 5.91 Å². The van der Waals surface area contributed by atoms with E-state index in [1.165, 1.54) is 19.3 Å². The summed E-state index contributed by atoms with van der Waals surface area (Å²) in [4.78, 5) is 12.3. The van der Waals surface area contributed by atoms with Gasteiger partial charge < -0.3 is 11.1 Å². The molecule has 3 nitrogen and oxygen atoms in total. The summed E-state index contributed by atoms with van der Waals surface area (Å²) in [5, 5.41) is 3.37. The predicted octanol–water partition coefficient (Wildman–Crippen LogP) is 3.08. The van der Waals surface area contributed by atoms with Crippen molar-refractivity contribution in [2.24, 2.45) is 28.4 Å². The molecule has 20 heavy (non-hydrogen) atoms. The fourth-order valence-electron chi connectivity index (χ4n) is 4.70. The lowest BCUT2D eigenvalue weighted by atomic mass is 9.68. The fourth-order valence-corrected chi connectivity index (χ4v) is 4.70. The molecular formula is C17H32N2O. The number of fused-ring (bicyclic) bond motifs is 2. The molecule has 4 atom stereocenters. The number of nitrogens with one attached hydrogen (secondary N) is 1. The third kappa shape index (κ3) is 2.88. The van der Waals surface area contributed by atoms with Crippen molar-refractivity contribution in [1.29, 1.82) is 0 Å². The maximum absolute atomic E-state index is 12.3. The Hall–Kier alpha value is -0.570. The van der Waals surface area contributed by atoms with E-state index in [4.69, 9.17) is 5.73 Å². The molecule has 2 bridgehead atoms. The van der Waals surface area contributed by atoms with Crippen LogP contribution in [0.25, 0.3) is 0 Å². The van der Waals surface area contributed by atoms with Crippen LogP contribution in [0.2, 0.25) is 0 Å². The zero-order chi connectivity index (χ0) is 15.0. The smallest absolute Gasteiger partial charge is 0.220 e. The number of nitrogens with two attached hydrogens (primary N) is 1. The van der Waals surface area contributed by atoms with Crippen LogP contribution < -0.4 is 11.1 Å². The van der Waals surface area contributed by atoms with E-state index in [9.17, 15) is 4.79 Å². The largest absolute Gasteiger partial charge is 0.352 e. The molecule has 2 rings (SSSR count). The van der Waals surface area contributed by atoms with Gasteiger partial charge in [0, 0.05) is 12.5 Å². The van der Waals surface area contributed by atoms with Crippen LogP contribution in [0.4, 0.5) is 0 Å². The Kier molecular flexibility index (Phi) is 4.48. The van der Waals surface area contributed by atoms with Crippen molar-refractivity contribution in [2.45, 2.75) is 72.3 Å². The van der Waals surface area contributed by atoms with Gasteiger partial charge in [0.05, 0.1) is 0 Å². The lowest BCUT2D eigenvalue weighted by molar-refractivity contribution is -0.124. The van der Waals surface area contributed by atoms with Crippen LogP contribution in [0.3, 0.4) is 0 Å². The summed E-state index contributed by atoms with van der Waals surface area (Å²) < 4.78 is 0. The van der Waals surface area contributed by atoms with E-state index in [2.05, 4.69) is 33.0 Å². The van der Waals surface area contributed by atoms with E-state index in [0.717, 1.165) is 25.3 Å². The van der Waals surface area contributed by atoms with Crippen molar-refractivity contribution in [3.8, 4) is 0 Å². The number of hydrogen-bond donors (Lipinski definition) is 2. The van der Waals surface area contributed by atoms with Crippen LogP contribution in [0, 0.1) is 22.7 Å². The van der Waals surface area contributed by atoms with Gasteiger partial charge in [-0.3, -0.25) is 4.79 Å². The first-order chi connectivity index (χ1) is 9.29. The van der Waals surface area contributed by atoms with Gasteiger partial charge in [-0.05, 0) is 61.3 Å². The zero-order valence-corrected chi connectivity index (χ0v) is 13.7. The van der Waals surface area contributed by atoms with Gasteiger partial charge in [0.1, 0.15) is 0 Å². The van der Waals surface area contributed by atoms with Crippen molar-refractivity contribution >= 4 is 5.91 Å². The third-order valence-electron chi connectivity index (χ3n) is 6.10. The minimum atomic E-state index is 0.237. The number of carbonyl (C=O) groups excluding carboxylic acids is 1. The highest BCUT2D eigenvalue weighted by Crippen LogP contribution is 2.62. The van der Waals surface area contributed by atoms with E-state index in [-0.39, 0.29) is 11.3 Å². The Labute approximate surface area is 124 Å². The molecule has 0 aromatic carbocycles. The van der Waals surface area contributed by atoms with E-state index in [0.29, 0.717) is 23.8 Å². The molecule has 0 aliphatic heterocycles. The summed E-state index contributed by atoms with van der Waals surface area (Å²) in [6.07, 6.45) is 6.51. The Morgan fingerprint density at radius 3 is 2.60 bits per heavy atom. The third-order valence-corrected chi connectivity index (χ3v) is 6.10. The van der Waals surface area contributed by atoms with Gasteiger partial charge in [-0.15, -0.1) is 0 Å². The van der Waals surface area contributed by atoms with Crippen molar-refractivity contribution in [2.75, 3.05) is 6.54 Å². The second kappa shape index (κ2) is 5.67. The second-order valence-electron chi connectivity index (χ2n) is 8.14. The molecule has 2 aliphatic carbocycles. The van der Waals surface area contributed by atoms with Gasteiger partial charge in [-0.1, -0.05) is 27.7 Å². The second-order valence-corrected chi connectivity index (χ2v) is 8.14. The van der Waals surface area contributed by atoms with E-state index in [1.54, 1.807) is 0 Å². The molecule has 4 unspecified atom stereocenters. The number of amides is 1. The molecule has 0 spiro atoms. The number of hydrogen-bond acceptors (Lipinski definition) is 2. The average molecular weight is 280 g/mol. The predicted molar refractivity (Wildman–Crippen MR) is 83.2 cm³/mol. The standard InChI is InChI=1S/C17H32N2O/c1-12(8-10-18)5-6-14(20)19-15-16(2,3)13-7-9-17(15,4)11-13/h12-13,15H,5-11,18H2,1-4H3,(H,19,20). The monoisotopic (exact) mass is 280 g/mol. The normalized spacial score (nSPS) is 36.0. The highest BCUT2D eigenvalue weighted by atomic mass is 16.1. The van der Waals surface area contributed by atoms with E-state index in [1.807, 2.05) is 0 Å². The molecule has 3 heteroatoms. The molecular weight excluding hydrogens is 248 g/mol. The van der Waals surface area contributed by atoms with Crippen LogP contribution in [-0.4, -0.2) is 18.5 Å². The topological polar surface area (TPSA) is 55.1 Å². The summed E-state index contributed by atoms with van der Waals surface area (Å²) in [5.74, 6) is 1.57. The SMILES string of the molecule is CC(CCN)CCC(=O)NC1C2(C)CCC(C2)C1(C)C. The molecule has 1 amide bonds. The highest BCUT2D eigenvalue weighted by Gasteiger charge is 2.59. The molecule has 0 radical (unpaired) electrons. The van der Waals surface area contributed by atoms with Crippen molar-refractivity contribution in [3.05, 3.63) is 0 Å². The van der Waals surface area contributed by atoms with Gasteiger partial charge in [0.25, 0.3) is 0 Å². The van der Waals surface area contributed by atoms with Crippen LogP contribution in [0.1, 0.15) is 66.2 Å². The lowest BCUT2D eigenvalue weighted by Gasteiger charge is -2.43. The van der Waals surface area contributed by atoms with Crippen molar-refractivity contribution in [1.82, 2.24) is 5.32 Å². The molecule has 2 fully saturated rings. The number of carbonyl (C=O) groups is 1. The van der Waals surface area contributed by atoms with Gasteiger partial charge in [-0.25, -0.2) is 0 Å². The molecule has 0 aromatic rings. The Bertz CT molecular complexity index is 361. The van der Waals surface area contributed by atoms with Crippen LogP contribution in [-0.2, 0) is 4.79 Å². The first-order valence-electron chi connectivity index (χ1n) is 8.29. The maximum atomic E-state index is 12.3. The maximum Gasteiger partial charge on any atom is 0.220 e. The zero-order valence-electron chi connectivity index (χ0n) is 13.7. The van der Waals surface area contributed by atoms with Gasteiger partial charge in [0.15, 0.2) is 0 Å². The summed E-state index contributed by atoms with van der Waals surface area (Å²) >= 11 is 0. The first kappa shape index (κ1) is 15.8. The van der Waals surface area contributed by atoms with E-state index >= 15 is 0 Å². The number of rotatable bonds is 6. The minimum Gasteiger partial charge on any atom is -0.352 e. The lowest BCUT2D eigenvalue weighted by Crippen LogP contribution is -2.52. The Balaban J connectivity index is 1.88. The van der Waals surface area contributed by atoms with Gasteiger partial charge >= 0.3 is 0 Å². The Morgan fingerprint density at radius 1 is 1.35 bits per heavy atom. The minimum absolute atomic E-state index is 0.237. The molecule has 116 valence electrons.